The van der Waals surface area contributed by atoms with Crippen molar-refractivity contribution >= 4 is 22.7 Å². The number of nitrogens with zero attached hydrogens (tertiary/aromatic N) is 1. The zero-order chi connectivity index (χ0) is 17.9. The number of fused-ring (bicyclic) bond motifs is 1. The minimum atomic E-state index is -0.464. The van der Waals surface area contributed by atoms with Crippen LogP contribution < -0.4 is 5.32 Å². The number of hydrogen-bond acceptors (Lipinski definition) is 2. The zero-order valence-corrected chi connectivity index (χ0v) is 14.4. The number of aromatic amines is 1. The summed E-state index contributed by atoms with van der Waals surface area (Å²) in [5.41, 5.74) is 2.59. The second-order valence-corrected chi connectivity index (χ2v) is 6.66. The minimum Gasteiger partial charge on any atom is -0.360 e. The molecule has 1 unspecified atom stereocenters. The molecule has 0 saturated carbocycles. The van der Waals surface area contributed by atoms with Crippen molar-refractivity contribution in [3.63, 3.8) is 0 Å². The molecule has 26 heavy (non-hydrogen) atoms. The highest BCUT2D eigenvalue weighted by Gasteiger charge is 2.30. The highest BCUT2D eigenvalue weighted by atomic mass is 16.2. The summed E-state index contributed by atoms with van der Waals surface area (Å²) in [5.74, 6) is -0.212. The molecule has 3 aromatic rings. The van der Waals surface area contributed by atoms with Gasteiger partial charge < -0.3 is 15.2 Å². The van der Waals surface area contributed by atoms with Crippen molar-refractivity contribution in [1.82, 2.24) is 15.2 Å². The molecule has 4 rings (SSSR count). The molecule has 2 N–H and O–H groups in total. The fourth-order valence-electron chi connectivity index (χ4n) is 3.53. The number of piperidine rings is 1. The normalized spacial score (nSPS) is 17.5. The molecule has 132 valence electrons. The van der Waals surface area contributed by atoms with Gasteiger partial charge >= 0.3 is 0 Å². The molecule has 0 spiro atoms. The van der Waals surface area contributed by atoms with Gasteiger partial charge in [-0.1, -0.05) is 48.5 Å². The van der Waals surface area contributed by atoms with Gasteiger partial charge in [0.25, 0.3) is 5.91 Å². The number of carbonyl (C=O) groups is 2. The Labute approximate surface area is 152 Å². The van der Waals surface area contributed by atoms with Crippen LogP contribution in [0.1, 0.15) is 28.8 Å². The maximum absolute atomic E-state index is 12.8. The maximum Gasteiger partial charge on any atom is 0.254 e. The second kappa shape index (κ2) is 7.04. The van der Waals surface area contributed by atoms with Gasteiger partial charge in [0.1, 0.15) is 6.04 Å². The molecule has 2 heterocycles. The number of amides is 2. The van der Waals surface area contributed by atoms with Gasteiger partial charge in [0.2, 0.25) is 5.91 Å². The molecule has 1 saturated heterocycles. The third-order valence-electron chi connectivity index (χ3n) is 4.89. The number of hydrogen-bond donors (Lipinski definition) is 2. The number of para-hydroxylation sites is 1. The molecular weight excluding hydrogens is 326 g/mol. The number of nitrogens with one attached hydrogen (secondary N) is 2. The summed E-state index contributed by atoms with van der Waals surface area (Å²) >= 11 is 0. The summed E-state index contributed by atoms with van der Waals surface area (Å²) in [7, 11) is 0. The van der Waals surface area contributed by atoms with Crippen LogP contribution in [-0.4, -0.2) is 34.3 Å². The SMILES string of the molecule is O=C(NC1CCCN(Cc2ccccc2)C1=O)c1c[nH]c2ccccc12. The Morgan fingerprint density at radius 3 is 2.73 bits per heavy atom. The van der Waals surface area contributed by atoms with E-state index in [2.05, 4.69) is 10.3 Å². The summed E-state index contributed by atoms with van der Waals surface area (Å²) in [4.78, 5) is 30.4. The van der Waals surface area contributed by atoms with Gasteiger partial charge in [-0.3, -0.25) is 9.59 Å². The molecule has 2 amide bonds. The Balaban J connectivity index is 1.47. The first kappa shape index (κ1) is 16.4. The van der Waals surface area contributed by atoms with E-state index in [4.69, 9.17) is 0 Å². The van der Waals surface area contributed by atoms with Gasteiger partial charge in [0.05, 0.1) is 5.56 Å². The predicted molar refractivity (Wildman–Crippen MR) is 101 cm³/mol. The summed E-state index contributed by atoms with van der Waals surface area (Å²) in [6, 6.07) is 17.1. The maximum atomic E-state index is 12.8. The van der Waals surface area contributed by atoms with E-state index in [0.29, 0.717) is 18.5 Å². The van der Waals surface area contributed by atoms with Crippen LogP contribution in [0.4, 0.5) is 0 Å². The molecule has 1 aliphatic rings. The molecule has 0 radical (unpaired) electrons. The van der Waals surface area contributed by atoms with Crippen LogP contribution in [0.25, 0.3) is 10.9 Å². The average molecular weight is 347 g/mol. The molecule has 0 aliphatic carbocycles. The molecule has 2 aromatic carbocycles. The van der Waals surface area contributed by atoms with Gasteiger partial charge in [0.15, 0.2) is 0 Å². The van der Waals surface area contributed by atoms with Crippen molar-refractivity contribution in [2.45, 2.75) is 25.4 Å². The van der Waals surface area contributed by atoms with Crippen molar-refractivity contribution in [3.8, 4) is 0 Å². The van der Waals surface area contributed by atoms with Crippen molar-refractivity contribution in [1.29, 1.82) is 0 Å². The van der Waals surface area contributed by atoms with E-state index in [0.717, 1.165) is 29.4 Å². The van der Waals surface area contributed by atoms with Crippen LogP contribution >= 0.6 is 0 Å². The van der Waals surface area contributed by atoms with E-state index in [-0.39, 0.29) is 11.8 Å². The molecule has 5 heteroatoms. The number of likely N-dealkylation sites (tertiary alicyclic amines) is 1. The fraction of sp³-hybridized carbons (Fsp3) is 0.238. The van der Waals surface area contributed by atoms with Gasteiger partial charge in [-0.05, 0) is 24.5 Å². The first-order valence-corrected chi connectivity index (χ1v) is 8.92. The Hall–Kier alpha value is -3.08. The highest BCUT2D eigenvalue weighted by Crippen LogP contribution is 2.19. The monoisotopic (exact) mass is 347 g/mol. The van der Waals surface area contributed by atoms with Crippen LogP contribution in [-0.2, 0) is 11.3 Å². The topological polar surface area (TPSA) is 65.2 Å². The van der Waals surface area contributed by atoms with Crippen molar-refractivity contribution in [2.24, 2.45) is 0 Å². The molecule has 0 bridgehead atoms. The highest BCUT2D eigenvalue weighted by molar-refractivity contribution is 6.07. The summed E-state index contributed by atoms with van der Waals surface area (Å²) < 4.78 is 0. The lowest BCUT2D eigenvalue weighted by molar-refractivity contribution is -0.136. The third-order valence-corrected chi connectivity index (χ3v) is 4.89. The van der Waals surface area contributed by atoms with E-state index in [1.807, 2.05) is 59.5 Å². The fourth-order valence-corrected chi connectivity index (χ4v) is 3.53. The van der Waals surface area contributed by atoms with Gasteiger partial charge in [0, 0.05) is 30.2 Å². The Bertz CT molecular complexity index is 933. The van der Waals surface area contributed by atoms with E-state index in [1.165, 1.54) is 0 Å². The van der Waals surface area contributed by atoms with Crippen molar-refractivity contribution in [2.75, 3.05) is 6.54 Å². The molecular formula is C21H21N3O2. The molecule has 1 atom stereocenters. The largest absolute Gasteiger partial charge is 0.360 e. The van der Waals surface area contributed by atoms with E-state index < -0.39 is 6.04 Å². The quantitative estimate of drug-likeness (QED) is 0.762. The molecule has 5 nitrogen and oxygen atoms in total. The zero-order valence-electron chi connectivity index (χ0n) is 14.4. The number of benzene rings is 2. The number of aromatic nitrogens is 1. The summed E-state index contributed by atoms with van der Waals surface area (Å²) in [6.45, 7) is 1.31. The van der Waals surface area contributed by atoms with E-state index >= 15 is 0 Å². The Kier molecular flexibility index (Phi) is 4.44. The summed E-state index contributed by atoms with van der Waals surface area (Å²) in [5, 5.41) is 3.80. The Morgan fingerprint density at radius 1 is 1.12 bits per heavy atom. The van der Waals surface area contributed by atoms with Gasteiger partial charge in [-0.2, -0.15) is 0 Å². The van der Waals surface area contributed by atoms with Crippen molar-refractivity contribution < 1.29 is 9.59 Å². The van der Waals surface area contributed by atoms with Crippen LogP contribution in [0.5, 0.6) is 0 Å². The van der Waals surface area contributed by atoms with Crippen LogP contribution in [0.3, 0.4) is 0 Å². The lowest BCUT2D eigenvalue weighted by atomic mass is 10.0. The molecule has 1 aromatic heterocycles. The predicted octanol–water partition coefficient (Wildman–Crippen LogP) is 3.09. The van der Waals surface area contributed by atoms with Crippen LogP contribution in [0, 0.1) is 0 Å². The lowest BCUT2D eigenvalue weighted by Gasteiger charge is -2.32. The lowest BCUT2D eigenvalue weighted by Crippen LogP contribution is -2.51. The molecule has 1 aliphatic heterocycles. The van der Waals surface area contributed by atoms with Gasteiger partial charge in [-0.15, -0.1) is 0 Å². The summed E-state index contributed by atoms with van der Waals surface area (Å²) in [6.07, 6.45) is 3.27. The van der Waals surface area contributed by atoms with Crippen molar-refractivity contribution in [3.05, 3.63) is 71.9 Å². The number of rotatable bonds is 4. The smallest absolute Gasteiger partial charge is 0.254 e. The number of carbonyl (C=O) groups excluding carboxylic acids is 2. The standard InChI is InChI=1S/C21H21N3O2/c25-20(17-13-22-18-10-5-4-9-16(17)18)23-19-11-6-12-24(21(19)26)14-15-7-2-1-3-8-15/h1-5,7-10,13,19,22H,6,11-12,14H2,(H,23,25). The Morgan fingerprint density at radius 2 is 1.88 bits per heavy atom. The third kappa shape index (κ3) is 3.20. The first-order chi connectivity index (χ1) is 12.7. The van der Waals surface area contributed by atoms with Crippen LogP contribution in [0.15, 0.2) is 60.8 Å². The average Bonchev–Trinajstić information content (AvgIpc) is 3.10. The van der Waals surface area contributed by atoms with Gasteiger partial charge in [-0.25, -0.2) is 0 Å². The van der Waals surface area contributed by atoms with E-state index in [9.17, 15) is 9.59 Å². The van der Waals surface area contributed by atoms with Crippen LogP contribution in [0.2, 0.25) is 0 Å². The van der Waals surface area contributed by atoms with E-state index in [1.54, 1.807) is 6.20 Å². The minimum absolute atomic E-state index is 0.00621. The molecule has 1 fully saturated rings. The first-order valence-electron chi connectivity index (χ1n) is 8.92. The number of H-pyrrole nitrogens is 1. The second-order valence-electron chi connectivity index (χ2n) is 6.66.